The SMILES string of the molecule is CCCCN(C)c1cc(C)nc(NCCc2c[nH]c3ccccc23)n1. The summed E-state index contributed by atoms with van der Waals surface area (Å²) in [5, 5.41) is 4.66. The van der Waals surface area contributed by atoms with Gasteiger partial charge in [-0.15, -0.1) is 0 Å². The number of para-hydroxylation sites is 1. The monoisotopic (exact) mass is 337 g/mol. The second kappa shape index (κ2) is 8.01. The van der Waals surface area contributed by atoms with Gasteiger partial charge in [-0.1, -0.05) is 31.5 Å². The zero-order valence-corrected chi connectivity index (χ0v) is 15.3. The highest BCUT2D eigenvalue weighted by Gasteiger charge is 2.07. The summed E-state index contributed by atoms with van der Waals surface area (Å²) in [7, 11) is 2.09. The first-order chi connectivity index (χ1) is 12.2. The second-order valence-electron chi connectivity index (χ2n) is 6.50. The van der Waals surface area contributed by atoms with Crippen LogP contribution in [0.2, 0.25) is 0 Å². The highest BCUT2D eigenvalue weighted by molar-refractivity contribution is 5.83. The largest absolute Gasteiger partial charge is 0.361 e. The van der Waals surface area contributed by atoms with Gasteiger partial charge in [0.15, 0.2) is 0 Å². The summed E-state index contributed by atoms with van der Waals surface area (Å²) in [5.74, 6) is 1.69. The molecule has 0 saturated carbocycles. The van der Waals surface area contributed by atoms with E-state index in [2.05, 4.69) is 69.6 Å². The van der Waals surface area contributed by atoms with Crippen molar-refractivity contribution >= 4 is 22.7 Å². The van der Waals surface area contributed by atoms with Crippen molar-refractivity contribution in [3.8, 4) is 0 Å². The number of benzene rings is 1. The summed E-state index contributed by atoms with van der Waals surface area (Å²) in [6, 6.07) is 10.4. The first-order valence-corrected chi connectivity index (χ1v) is 9.03. The Morgan fingerprint density at radius 1 is 1.20 bits per heavy atom. The number of H-pyrrole nitrogens is 1. The number of aromatic amines is 1. The lowest BCUT2D eigenvalue weighted by Gasteiger charge is -2.19. The normalized spacial score (nSPS) is 11.0. The third kappa shape index (κ3) is 4.29. The Balaban J connectivity index is 1.63. The van der Waals surface area contributed by atoms with E-state index in [1.807, 2.05) is 13.0 Å². The molecule has 0 amide bonds. The zero-order valence-electron chi connectivity index (χ0n) is 15.3. The van der Waals surface area contributed by atoms with E-state index in [0.29, 0.717) is 5.95 Å². The zero-order chi connectivity index (χ0) is 17.6. The van der Waals surface area contributed by atoms with Crippen LogP contribution in [0.15, 0.2) is 36.5 Å². The highest BCUT2D eigenvalue weighted by Crippen LogP contribution is 2.18. The summed E-state index contributed by atoms with van der Waals surface area (Å²) in [6.07, 6.45) is 5.38. The molecule has 25 heavy (non-hydrogen) atoms. The number of nitrogens with zero attached hydrogens (tertiary/aromatic N) is 3. The Morgan fingerprint density at radius 3 is 2.88 bits per heavy atom. The van der Waals surface area contributed by atoms with E-state index in [4.69, 9.17) is 0 Å². The molecule has 5 heteroatoms. The van der Waals surface area contributed by atoms with Crippen molar-refractivity contribution in [2.24, 2.45) is 0 Å². The van der Waals surface area contributed by atoms with Crippen LogP contribution in [0.25, 0.3) is 10.9 Å². The van der Waals surface area contributed by atoms with E-state index in [9.17, 15) is 0 Å². The Labute approximate surface area is 149 Å². The third-order valence-corrected chi connectivity index (χ3v) is 4.43. The topological polar surface area (TPSA) is 56.8 Å². The fourth-order valence-corrected chi connectivity index (χ4v) is 2.98. The predicted octanol–water partition coefficient (Wildman–Crippen LogP) is 4.16. The van der Waals surface area contributed by atoms with Crippen LogP contribution in [-0.4, -0.2) is 35.1 Å². The van der Waals surface area contributed by atoms with Crippen LogP contribution in [0.4, 0.5) is 11.8 Å². The summed E-state index contributed by atoms with van der Waals surface area (Å²) >= 11 is 0. The molecule has 0 bridgehead atoms. The lowest BCUT2D eigenvalue weighted by Crippen LogP contribution is -2.21. The second-order valence-corrected chi connectivity index (χ2v) is 6.50. The number of hydrogen-bond acceptors (Lipinski definition) is 4. The fourth-order valence-electron chi connectivity index (χ4n) is 2.98. The van der Waals surface area contributed by atoms with Gasteiger partial charge in [0.2, 0.25) is 5.95 Å². The third-order valence-electron chi connectivity index (χ3n) is 4.43. The molecular formula is C20H27N5. The molecule has 0 atom stereocenters. The van der Waals surface area contributed by atoms with Gasteiger partial charge in [0, 0.05) is 49.0 Å². The lowest BCUT2D eigenvalue weighted by molar-refractivity contribution is 0.757. The maximum Gasteiger partial charge on any atom is 0.224 e. The van der Waals surface area contributed by atoms with Gasteiger partial charge in [-0.25, -0.2) is 4.98 Å². The van der Waals surface area contributed by atoms with Crippen LogP contribution >= 0.6 is 0 Å². The maximum atomic E-state index is 4.66. The van der Waals surface area contributed by atoms with Crippen LogP contribution < -0.4 is 10.2 Å². The fraction of sp³-hybridized carbons (Fsp3) is 0.400. The summed E-state index contributed by atoms with van der Waals surface area (Å²) in [6.45, 7) is 6.05. The van der Waals surface area contributed by atoms with Gasteiger partial charge in [-0.3, -0.25) is 0 Å². The number of aryl methyl sites for hydroxylation is 1. The van der Waals surface area contributed by atoms with E-state index < -0.39 is 0 Å². The minimum atomic E-state index is 0.707. The molecule has 3 aromatic rings. The average molecular weight is 337 g/mol. The van der Waals surface area contributed by atoms with Crippen LogP contribution in [0.1, 0.15) is 31.0 Å². The lowest BCUT2D eigenvalue weighted by atomic mass is 10.1. The molecule has 2 aromatic heterocycles. The Hall–Kier alpha value is -2.56. The molecule has 3 rings (SSSR count). The van der Waals surface area contributed by atoms with Gasteiger partial charge in [0.25, 0.3) is 0 Å². The van der Waals surface area contributed by atoms with Crippen molar-refractivity contribution in [1.82, 2.24) is 15.0 Å². The van der Waals surface area contributed by atoms with E-state index in [1.165, 1.54) is 29.3 Å². The Morgan fingerprint density at radius 2 is 2.04 bits per heavy atom. The molecule has 0 spiro atoms. The smallest absolute Gasteiger partial charge is 0.224 e. The van der Waals surface area contributed by atoms with E-state index >= 15 is 0 Å². The molecule has 2 N–H and O–H groups in total. The van der Waals surface area contributed by atoms with Crippen molar-refractivity contribution in [1.29, 1.82) is 0 Å². The summed E-state index contributed by atoms with van der Waals surface area (Å²) in [5.41, 5.74) is 3.49. The van der Waals surface area contributed by atoms with E-state index in [0.717, 1.165) is 31.0 Å². The van der Waals surface area contributed by atoms with Gasteiger partial charge >= 0.3 is 0 Å². The molecule has 0 fully saturated rings. The molecule has 1 aromatic carbocycles. The molecule has 5 nitrogen and oxygen atoms in total. The molecular weight excluding hydrogens is 310 g/mol. The number of fused-ring (bicyclic) bond motifs is 1. The molecule has 0 aliphatic carbocycles. The van der Waals surface area contributed by atoms with Gasteiger partial charge < -0.3 is 15.2 Å². The molecule has 0 aliphatic rings. The minimum absolute atomic E-state index is 0.707. The number of anilines is 2. The standard InChI is InChI=1S/C20H27N5/c1-4-5-12-25(3)19-13-15(2)23-20(24-19)21-11-10-16-14-22-18-9-7-6-8-17(16)18/h6-9,13-14,22H,4-5,10-12H2,1-3H3,(H,21,23,24). The van der Waals surface area contributed by atoms with Crippen LogP contribution in [0.3, 0.4) is 0 Å². The van der Waals surface area contributed by atoms with Crippen molar-refractivity contribution < 1.29 is 0 Å². The first-order valence-electron chi connectivity index (χ1n) is 9.03. The molecule has 0 aliphatic heterocycles. The Kier molecular flexibility index (Phi) is 5.53. The van der Waals surface area contributed by atoms with Gasteiger partial charge in [-0.2, -0.15) is 4.98 Å². The van der Waals surface area contributed by atoms with Crippen molar-refractivity contribution in [2.75, 3.05) is 30.4 Å². The molecule has 2 heterocycles. The summed E-state index contributed by atoms with van der Waals surface area (Å²) in [4.78, 5) is 14.7. The molecule has 0 saturated heterocycles. The number of hydrogen-bond donors (Lipinski definition) is 2. The minimum Gasteiger partial charge on any atom is -0.361 e. The number of aromatic nitrogens is 3. The first kappa shape index (κ1) is 17.3. The number of unbranched alkanes of at least 4 members (excludes halogenated alkanes) is 1. The number of rotatable bonds is 8. The van der Waals surface area contributed by atoms with Gasteiger partial charge in [0.05, 0.1) is 0 Å². The van der Waals surface area contributed by atoms with Crippen LogP contribution in [-0.2, 0) is 6.42 Å². The average Bonchev–Trinajstić information content (AvgIpc) is 3.02. The van der Waals surface area contributed by atoms with Crippen molar-refractivity contribution in [3.05, 3.63) is 47.8 Å². The van der Waals surface area contributed by atoms with Crippen LogP contribution in [0, 0.1) is 6.92 Å². The maximum absolute atomic E-state index is 4.66. The predicted molar refractivity (Wildman–Crippen MR) is 105 cm³/mol. The van der Waals surface area contributed by atoms with Crippen LogP contribution in [0.5, 0.6) is 0 Å². The van der Waals surface area contributed by atoms with Crippen molar-refractivity contribution in [2.45, 2.75) is 33.1 Å². The molecule has 0 unspecified atom stereocenters. The van der Waals surface area contributed by atoms with Crippen molar-refractivity contribution in [3.63, 3.8) is 0 Å². The Bertz CT molecular complexity index is 824. The van der Waals surface area contributed by atoms with E-state index in [1.54, 1.807) is 0 Å². The van der Waals surface area contributed by atoms with Gasteiger partial charge in [0.1, 0.15) is 5.82 Å². The van der Waals surface area contributed by atoms with E-state index in [-0.39, 0.29) is 0 Å². The molecule has 132 valence electrons. The quantitative estimate of drug-likeness (QED) is 0.648. The number of nitrogens with one attached hydrogen (secondary N) is 2. The molecule has 0 radical (unpaired) electrons. The summed E-state index contributed by atoms with van der Waals surface area (Å²) < 4.78 is 0. The highest BCUT2D eigenvalue weighted by atomic mass is 15.2. The van der Waals surface area contributed by atoms with Gasteiger partial charge in [-0.05, 0) is 31.4 Å².